The Kier molecular flexibility index (Phi) is 4.42. The first-order valence-electron chi connectivity index (χ1n) is 7.74. The molecule has 1 aromatic rings. The van der Waals surface area contributed by atoms with E-state index in [4.69, 9.17) is 11.6 Å². The highest BCUT2D eigenvalue weighted by atomic mass is 35.5. The Balaban J connectivity index is 1.51. The second-order valence-corrected chi connectivity index (χ2v) is 6.57. The van der Waals surface area contributed by atoms with Crippen LogP contribution < -0.4 is 9.80 Å². The van der Waals surface area contributed by atoms with Crippen molar-refractivity contribution >= 4 is 11.6 Å². The van der Waals surface area contributed by atoms with Crippen LogP contribution in [0, 0.1) is 0 Å². The summed E-state index contributed by atoms with van der Waals surface area (Å²) in [5, 5.41) is 0.933. The molecule has 3 heteroatoms. The van der Waals surface area contributed by atoms with E-state index in [9.17, 15) is 0 Å². The Morgan fingerprint density at radius 2 is 1.68 bits per heavy atom. The molecule has 0 saturated carbocycles. The van der Waals surface area contributed by atoms with Crippen molar-refractivity contribution < 1.29 is 9.80 Å². The molecule has 0 spiro atoms. The molecule has 0 bridgehead atoms. The van der Waals surface area contributed by atoms with Crippen LogP contribution in [-0.2, 0) is 6.54 Å². The third-order valence-corrected chi connectivity index (χ3v) is 5.28. The summed E-state index contributed by atoms with van der Waals surface area (Å²) in [6.45, 7) is 6.58. The smallest absolute Gasteiger partial charge is 0.104 e. The largest absolute Gasteiger partial charge is 0.332 e. The van der Waals surface area contributed by atoms with E-state index in [0.717, 1.165) is 17.6 Å². The third-order valence-electron chi connectivity index (χ3n) is 4.91. The minimum Gasteiger partial charge on any atom is -0.332 e. The van der Waals surface area contributed by atoms with E-state index in [0.29, 0.717) is 0 Å². The molecule has 1 aromatic carbocycles. The third kappa shape index (κ3) is 3.31. The first-order valence-corrected chi connectivity index (χ1v) is 8.12. The summed E-state index contributed by atoms with van der Waals surface area (Å²) < 4.78 is 0. The van der Waals surface area contributed by atoms with Crippen LogP contribution in [-0.4, -0.2) is 32.2 Å². The number of piperidine rings is 1. The van der Waals surface area contributed by atoms with Gasteiger partial charge in [-0.2, -0.15) is 0 Å². The highest BCUT2D eigenvalue weighted by Gasteiger charge is 2.31. The van der Waals surface area contributed by atoms with Crippen LogP contribution in [0.4, 0.5) is 0 Å². The monoisotopic (exact) mass is 280 g/mol. The van der Waals surface area contributed by atoms with Gasteiger partial charge in [0.25, 0.3) is 0 Å². The Morgan fingerprint density at radius 3 is 2.37 bits per heavy atom. The van der Waals surface area contributed by atoms with Crippen LogP contribution in [0.2, 0.25) is 5.02 Å². The molecule has 0 amide bonds. The van der Waals surface area contributed by atoms with Crippen molar-refractivity contribution in [2.24, 2.45) is 0 Å². The van der Waals surface area contributed by atoms with Gasteiger partial charge in [-0.25, -0.2) is 0 Å². The maximum absolute atomic E-state index is 6.26. The standard InChI is InChI=1S/C16H23ClN2/c17-16-6-2-1-5-14(16)13-18-11-7-15(8-12-18)19-9-3-4-10-19/h1-2,5-6,15H,3-4,7-13H2/p+2. The summed E-state index contributed by atoms with van der Waals surface area (Å²) >= 11 is 6.26. The average Bonchev–Trinajstić information content (AvgIpc) is 2.96. The van der Waals surface area contributed by atoms with Gasteiger partial charge in [0.2, 0.25) is 0 Å². The van der Waals surface area contributed by atoms with Crippen molar-refractivity contribution in [3.05, 3.63) is 34.9 Å². The fourth-order valence-electron chi connectivity index (χ4n) is 3.76. The number of quaternary nitrogens is 2. The molecule has 2 aliphatic rings. The van der Waals surface area contributed by atoms with E-state index in [2.05, 4.69) is 12.1 Å². The number of nitrogens with one attached hydrogen (secondary N) is 2. The predicted molar refractivity (Wildman–Crippen MR) is 78.8 cm³/mol. The quantitative estimate of drug-likeness (QED) is 0.801. The SMILES string of the molecule is Clc1ccccc1C[NH+]1CCC([NH+]2CCCC2)CC1. The van der Waals surface area contributed by atoms with Gasteiger partial charge in [-0.1, -0.05) is 29.8 Å². The van der Waals surface area contributed by atoms with Gasteiger partial charge in [-0.05, 0) is 6.07 Å². The maximum Gasteiger partial charge on any atom is 0.104 e. The average molecular weight is 281 g/mol. The van der Waals surface area contributed by atoms with Crippen LogP contribution in [0.15, 0.2) is 24.3 Å². The number of rotatable bonds is 3. The van der Waals surface area contributed by atoms with E-state index >= 15 is 0 Å². The van der Waals surface area contributed by atoms with Gasteiger partial charge in [0.05, 0.1) is 32.2 Å². The highest BCUT2D eigenvalue weighted by molar-refractivity contribution is 6.31. The molecule has 19 heavy (non-hydrogen) atoms. The lowest BCUT2D eigenvalue weighted by Gasteiger charge is -2.32. The summed E-state index contributed by atoms with van der Waals surface area (Å²) in [5.74, 6) is 0. The van der Waals surface area contributed by atoms with Crippen molar-refractivity contribution in [3.8, 4) is 0 Å². The zero-order valence-electron chi connectivity index (χ0n) is 11.6. The molecular weight excluding hydrogens is 256 g/mol. The minimum absolute atomic E-state index is 0.933. The molecule has 0 aromatic heterocycles. The second-order valence-electron chi connectivity index (χ2n) is 6.16. The lowest BCUT2D eigenvalue weighted by molar-refractivity contribution is -0.957. The van der Waals surface area contributed by atoms with Crippen LogP contribution in [0.1, 0.15) is 31.2 Å². The van der Waals surface area contributed by atoms with Crippen LogP contribution in [0.25, 0.3) is 0 Å². The molecular formula is C16H25ClN2+2. The summed E-state index contributed by atoms with van der Waals surface area (Å²) in [4.78, 5) is 3.60. The molecule has 2 nitrogen and oxygen atoms in total. The van der Waals surface area contributed by atoms with Crippen LogP contribution >= 0.6 is 11.6 Å². The first kappa shape index (κ1) is 13.4. The molecule has 104 valence electrons. The molecule has 2 saturated heterocycles. The van der Waals surface area contributed by atoms with Gasteiger partial charge in [0, 0.05) is 36.3 Å². The minimum atomic E-state index is 0.933. The number of benzene rings is 1. The number of hydrogen-bond acceptors (Lipinski definition) is 0. The van der Waals surface area contributed by atoms with Gasteiger partial charge >= 0.3 is 0 Å². The number of likely N-dealkylation sites (tertiary alicyclic amines) is 2. The Labute approximate surface area is 121 Å². The molecule has 0 atom stereocenters. The zero-order chi connectivity index (χ0) is 13.1. The van der Waals surface area contributed by atoms with Crippen molar-refractivity contribution in [1.29, 1.82) is 0 Å². The first-order chi connectivity index (χ1) is 9.33. The molecule has 2 aliphatic heterocycles. The van der Waals surface area contributed by atoms with E-state index in [-0.39, 0.29) is 0 Å². The maximum atomic E-state index is 6.26. The van der Waals surface area contributed by atoms with Crippen molar-refractivity contribution in [2.75, 3.05) is 26.2 Å². The predicted octanol–water partition coefficient (Wildman–Crippen LogP) is 0.566. The number of halogens is 1. The molecule has 2 N–H and O–H groups in total. The van der Waals surface area contributed by atoms with E-state index in [1.54, 1.807) is 4.90 Å². The fraction of sp³-hybridized carbons (Fsp3) is 0.625. The molecule has 0 unspecified atom stereocenters. The van der Waals surface area contributed by atoms with Gasteiger partial charge in [0.15, 0.2) is 0 Å². The molecule has 2 heterocycles. The van der Waals surface area contributed by atoms with E-state index in [1.165, 1.54) is 57.4 Å². The molecule has 0 aliphatic carbocycles. The summed E-state index contributed by atoms with van der Waals surface area (Å²) in [6.07, 6.45) is 5.69. The van der Waals surface area contributed by atoms with Gasteiger partial charge < -0.3 is 9.80 Å². The van der Waals surface area contributed by atoms with E-state index < -0.39 is 0 Å². The van der Waals surface area contributed by atoms with E-state index in [1.807, 2.05) is 17.0 Å². The van der Waals surface area contributed by atoms with Crippen molar-refractivity contribution in [3.63, 3.8) is 0 Å². The Bertz CT molecular complexity index is 407. The summed E-state index contributed by atoms with van der Waals surface area (Å²) in [5.41, 5.74) is 1.31. The highest BCUT2D eigenvalue weighted by Crippen LogP contribution is 2.13. The molecule has 2 fully saturated rings. The second kappa shape index (κ2) is 6.25. The zero-order valence-corrected chi connectivity index (χ0v) is 12.4. The summed E-state index contributed by atoms with van der Waals surface area (Å²) in [7, 11) is 0. The van der Waals surface area contributed by atoms with Gasteiger partial charge in [0.1, 0.15) is 6.54 Å². The normalized spacial score (nSPS) is 28.7. The fourth-order valence-corrected chi connectivity index (χ4v) is 3.96. The number of hydrogen-bond donors (Lipinski definition) is 2. The van der Waals surface area contributed by atoms with Crippen LogP contribution in [0.5, 0.6) is 0 Å². The topological polar surface area (TPSA) is 8.88 Å². The Morgan fingerprint density at radius 1 is 1.00 bits per heavy atom. The van der Waals surface area contributed by atoms with Crippen molar-refractivity contribution in [2.45, 2.75) is 38.3 Å². The molecule has 0 radical (unpaired) electrons. The van der Waals surface area contributed by atoms with Crippen LogP contribution in [0.3, 0.4) is 0 Å². The van der Waals surface area contributed by atoms with Gasteiger partial charge in [-0.15, -0.1) is 0 Å². The lowest BCUT2D eigenvalue weighted by Crippen LogP contribution is -3.19. The summed E-state index contributed by atoms with van der Waals surface area (Å²) in [6, 6.07) is 9.24. The van der Waals surface area contributed by atoms with Crippen molar-refractivity contribution in [1.82, 2.24) is 0 Å². The molecule has 3 rings (SSSR count). The lowest BCUT2D eigenvalue weighted by atomic mass is 10.0. The Hall–Kier alpha value is -0.570. The van der Waals surface area contributed by atoms with Gasteiger partial charge in [-0.3, -0.25) is 0 Å².